The van der Waals surface area contributed by atoms with Gasteiger partial charge in [0.25, 0.3) is 0 Å². The fraction of sp³-hybridized carbons (Fsp3) is 0.727. The molecule has 0 aliphatic carbocycles. The standard InChI is InChI=1S/C10H16N.CHF3O3S/c1-2-9-5-3-7-11-8-4-6-10(9)11;2-1(3,4)8(5,6)7/h2H,3-8H2,1H3;(H,5,6,7)/q+1;/p-1/b9-2+;. The van der Waals surface area contributed by atoms with E-state index >= 15 is 0 Å². The third kappa shape index (κ3) is 4.31. The van der Waals surface area contributed by atoms with Crippen molar-refractivity contribution in [2.24, 2.45) is 0 Å². The van der Waals surface area contributed by atoms with Crippen molar-refractivity contribution in [2.75, 3.05) is 13.1 Å². The third-order valence-corrected chi connectivity index (χ3v) is 3.67. The zero-order valence-electron chi connectivity index (χ0n) is 10.5. The Morgan fingerprint density at radius 1 is 1.21 bits per heavy atom. The highest BCUT2D eigenvalue weighted by molar-refractivity contribution is 7.86. The predicted octanol–water partition coefficient (Wildman–Crippen LogP) is 2.03. The molecule has 0 unspecified atom stereocenters. The normalized spacial score (nSPS) is 22.1. The molecule has 0 N–H and O–H groups in total. The van der Waals surface area contributed by atoms with E-state index in [1.807, 2.05) is 0 Å². The number of rotatable bonds is 0. The molecule has 4 nitrogen and oxygen atoms in total. The van der Waals surface area contributed by atoms with Crippen molar-refractivity contribution < 1.29 is 30.7 Å². The van der Waals surface area contributed by atoms with Crippen molar-refractivity contribution in [3.63, 3.8) is 0 Å². The summed E-state index contributed by atoms with van der Waals surface area (Å²) in [6.45, 7) is 4.80. The van der Waals surface area contributed by atoms with Crippen LogP contribution in [0.5, 0.6) is 0 Å². The first kappa shape index (κ1) is 16.2. The highest BCUT2D eigenvalue weighted by Crippen LogP contribution is 2.21. The molecule has 0 fully saturated rings. The van der Waals surface area contributed by atoms with Gasteiger partial charge >= 0.3 is 5.51 Å². The number of alkyl halides is 3. The van der Waals surface area contributed by atoms with E-state index < -0.39 is 15.6 Å². The topological polar surface area (TPSA) is 60.2 Å². The van der Waals surface area contributed by atoms with E-state index in [-0.39, 0.29) is 0 Å². The minimum absolute atomic E-state index is 1.31. The molecular formula is C11H16F3NO3S. The molecule has 0 aromatic carbocycles. The summed E-state index contributed by atoms with van der Waals surface area (Å²) in [5, 5.41) is 0. The lowest BCUT2D eigenvalue weighted by Crippen LogP contribution is -2.23. The number of allylic oxidation sites excluding steroid dienone is 2. The van der Waals surface area contributed by atoms with Gasteiger partial charge in [0.2, 0.25) is 0 Å². The molecule has 2 heterocycles. The zero-order chi connectivity index (χ0) is 14.7. The Morgan fingerprint density at radius 2 is 1.68 bits per heavy atom. The molecule has 0 spiro atoms. The number of hydrogen-bond acceptors (Lipinski definition) is 3. The second-order valence-electron chi connectivity index (χ2n) is 4.35. The summed E-state index contributed by atoms with van der Waals surface area (Å²) in [6, 6.07) is 0. The largest absolute Gasteiger partial charge is 0.741 e. The summed E-state index contributed by atoms with van der Waals surface area (Å²) in [4.78, 5) is 0. The Bertz CT molecular complexity index is 492. The Hall–Kier alpha value is -0.890. The monoisotopic (exact) mass is 299 g/mol. The lowest BCUT2D eigenvalue weighted by molar-refractivity contribution is -0.522. The molecule has 0 radical (unpaired) electrons. The lowest BCUT2D eigenvalue weighted by Gasteiger charge is -2.11. The predicted molar refractivity (Wildman–Crippen MR) is 63.0 cm³/mol. The number of hydrogen-bond donors (Lipinski definition) is 0. The maximum absolute atomic E-state index is 10.7. The fourth-order valence-corrected chi connectivity index (χ4v) is 2.26. The molecule has 0 amide bonds. The quantitative estimate of drug-likeness (QED) is 0.390. The van der Waals surface area contributed by atoms with Gasteiger partial charge < -0.3 is 4.55 Å². The molecule has 0 aromatic rings. The number of halogens is 3. The highest BCUT2D eigenvalue weighted by Gasteiger charge is 2.36. The van der Waals surface area contributed by atoms with Gasteiger partial charge in [-0.3, -0.25) is 0 Å². The first-order valence-electron chi connectivity index (χ1n) is 5.95. The van der Waals surface area contributed by atoms with Crippen molar-refractivity contribution in [1.29, 1.82) is 0 Å². The van der Waals surface area contributed by atoms with Crippen LogP contribution in [0.15, 0.2) is 11.6 Å². The average molecular weight is 299 g/mol. The van der Waals surface area contributed by atoms with E-state index in [1.54, 1.807) is 11.3 Å². The Kier molecular flexibility index (Phi) is 5.14. The van der Waals surface area contributed by atoms with Crippen molar-refractivity contribution in [2.45, 2.75) is 38.1 Å². The molecule has 0 bridgehead atoms. The van der Waals surface area contributed by atoms with Crippen molar-refractivity contribution in [1.82, 2.24) is 0 Å². The van der Waals surface area contributed by atoms with E-state index in [1.165, 1.54) is 38.8 Å². The van der Waals surface area contributed by atoms with Gasteiger partial charge in [-0.15, -0.1) is 0 Å². The summed E-state index contributed by atoms with van der Waals surface area (Å²) in [5.74, 6) is 0. The maximum Gasteiger partial charge on any atom is 0.485 e. The first-order valence-corrected chi connectivity index (χ1v) is 7.36. The summed E-state index contributed by atoms with van der Waals surface area (Å²) >= 11 is 0. The van der Waals surface area contributed by atoms with Gasteiger partial charge in [0, 0.05) is 24.8 Å². The van der Waals surface area contributed by atoms with Crippen LogP contribution in [0.1, 0.15) is 32.6 Å². The number of nitrogens with zero attached hydrogens (tertiary/aromatic N) is 1. The Morgan fingerprint density at radius 3 is 2.11 bits per heavy atom. The Labute approximate surface area is 110 Å². The fourth-order valence-electron chi connectivity index (χ4n) is 2.26. The van der Waals surface area contributed by atoms with Crippen LogP contribution in [-0.4, -0.2) is 41.9 Å². The van der Waals surface area contributed by atoms with E-state index in [4.69, 9.17) is 13.0 Å². The molecule has 0 saturated heterocycles. The highest BCUT2D eigenvalue weighted by atomic mass is 32.2. The van der Waals surface area contributed by atoms with Crippen LogP contribution in [0.2, 0.25) is 0 Å². The molecule has 2 aliphatic rings. The van der Waals surface area contributed by atoms with E-state index in [2.05, 4.69) is 17.6 Å². The summed E-state index contributed by atoms with van der Waals surface area (Å²) in [6.07, 6.45) is 7.70. The first-order chi connectivity index (χ1) is 8.67. The SMILES string of the molecule is C/C=C1\CCC[N+]2=C1CCC2.O=S(=O)([O-])C(F)(F)F. The molecule has 2 rings (SSSR count). The third-order valence-electron chi connectivity index (χ3n) is 3.10. The van der Waals surface area contributed by atoms with Crippen molar-refractivity contribution >= 4 is 15.8 Å². The molecular weight excluding hydrogens is 283 g/mol. The van der Waals surface area contributed by atoms with Crippen LogP contribution in [0.25, 0.3) is 0 Å². The molecule has 0 atom stereocenters. The van der Waals surface area contributed by atoms with Crippen LogP contribution in [0.4, 0.5) is 13.2 Å². The van der Waals surface area contributed by atoms with E-state index in [9.17, 15) is 13.2 Å². The van der Waals surface area contributed by atoms with Crippen molar-refractivity contribution in [3.05, 3.63) is 11.6 Å². The maximum atomic E-state index is 10.7. The molecule has 19 heavy (non-hydrogen) atoms. The molecule has 8 heteroatoms. The van der Waals surface area contributed by atoms with Crippen LogP contribution in [0, 0.1) is 0 Å². The summed E-state index contributed by atoms with van der Waals surface area (Å²) < 4.78 is 61.5. The molecule has 0 aromatic heterocycles. The molecule has 2 aliphatic heterocycles. The molecule has 0 saturated carbocycles. The van der Waals surface area contributed by atoms with Gasteiger partial charge in [0.1, 0.15) is 13.1 Å². The van der Waals surface area contributed by atoms with Crippen LogP contribution in [-0.2, 0) is 10.1 Å². The summed E-state index contributed by atoms with van der Waals surface area (Å²) in [5.41, 5.74) is -2.37. The van der Waals surface area contributed by atoms with E-state index in [0.717, 1.165) is 0 Å². The smallest absolute Gasteiger partial charge is 0.485 e. The second kappa shape index (κ2) is 6.04. The van der Waals surface area contributed by atoms with Crippen molar-refractivity contribution in [3.8, 4) is 0 Å². The van der Waals surface area contributed by atoms with Gasteiger partial charge in [0.15, 0.2) is 15.8 Å². The van der Waals surface area contributed by atoms with Gasteiger partial charge in [-0.25, -0.2) is 13.0 Å². The van der Waals surface area contributed by atoms with Gasteiger partial charge in [-0.2, -0.15) is 13.2 Å². The zero-order valence-corrected chi connectivity index (χ0v) is 11.4. The van der Waals surface area contributed by atoms with Gasteiger partial charge in [-0.05, 0) is 13.3 Å². The second-order valence-corrected chi connectivity index (χ2v) is 5.73. The minimum Gasteiger partial charge on any atom is -0.741 e. The van der Waals surface area contributed by atoms with Crippen LogP contribution in [0.3, 0.4) is 0 Å². The van der Waals surface area contributed by atoms with Crippen LogP contribution < -0.4 is 0 Å². The van der Waals surface area contributed by atoms with Gasteiger partial charge in [-0.1, -0.05) is 6.08 Å². The average Bonchev–Trinajstić information content (AvgIpc) is 2.74. The molecule has 110 valence electrons. The van der Waals surface area contributed by atoms with E-state index in [0.29, 0.717) is 0 Å². The lowest BCUT2D eigenvalue weighted by atomic mass is 10.0. The summed E-state index contributed by atoms with van der Waals surface area (Å²) in [7, 11) is -6.09. The van der Waals surface area contributed by atoms with Gasteiger partial charge in [0.05, 0.1) is 0 Å². The van der Waals surface area contributed by atoms with Crippen LogP contribution >= 0.6 is 0 Å². The Balaban J connectivity index is 0.000000203. The minimum atomic E-state index is -6.09.